The lowest BCUT2D eigenvalue weighted by Gasteiger charge is -2.25. The molecule has 1 aromatic heterocycles. The van der Waals surface area contributed by atoms with E-state index in [0.717, 1.165) is 59.3 Å². The van der Waals surface area contributed by atoms with Gasteiger partial charge < -0.3 is 29.4 Å². The molecule has 0 bridgehead atoms. The van der Waals surface area contributed by atoms with Gasteiger partial charge in [0.15, 0.2) is 0 Å². The first-order valence-electron chi connectivity index (χ1n) is 14.9. The summed E-state index contributed by atoms with van der Waals surface area (Å²) in [4.78, 5) is 28.1. The quantitative estimate of drug-likeness (QED) is 0.330. The molecule has 2 fully saturated rings. The fraction of sp³-hybridized carbons (Fsp3) is 0.515. The average Bonchev–Trinajstić information content (AvgIpc) is 3.66. The van der Waals surface area contributed by atoms with Gasteiger partial charge in [-0.1, -0.05) is 25.3 Å². The number of ether oxygens (including phenoxy) is 2. The standard InChI is InChI=1S/C33H41N3O5/c1-34-13-15-41-16-14-35(2)32(39)33-19-27(33)26-18-23(40-3)10-12-24(26)30-29(21-7-5-4-6-8-21)25-11-9-22(31(37)38)17-28(25)36(30)20-33/h9-12,17-18,21,27,34H,4-8,13-16,19-20H2,1-3H3,(H,37,38)/t27-,33-/m1/s1. The summed E-state index contributed by atoms with van der Waals surface area (Å²) in [6, 6.07) is 11.8. The predicted molar refractivity (Wildman–Crippen MR) is 159 cm³/mol. The second-order valence-corrected chi connectivity index (χ2v) is 12.0. The Morgan fingerprint density at radius 1 is 1.12 bits per heavy atom. The molecule has 1 amide bonds. The van der Waals surface area contributed by atoms with Gasteiger partial charge in [0.1, 0.15) is 5.75 Å². The highest BCUT2D eigenvalue weighted by molar-refractivity contribution is 6.00. The van der Waals surface area contributed by atoms with Crippen LogP contribution in [0.25, 0.3) is 22.2 Å². The van der Waals surface area contributed by atoms with Crippen molar-refractivity contribution in [2.45, 2.75) is 56.9 Å². The Labute approximate surface area is 241 Å². The molecule has 2 N–H and O–H groups in total. The summed E-state index contributed by atoms with van der Waals surface area (Å²) in [5.74, 6) is 0.460. The Morgan fingerprint density at radius 3 is 2.66 bits per heavy atom. The largest absolute Gasteiger partial charge is 0.497 e. The third kappa shape index (κ3) is 4.81. The van der Waals surface area contributed by atoms with Crippen molar-refractivity contribution in [1.29, 1.82) is 0 Å². The average molecular weight is 560 g/mol. The number of aromatic carboxylic acids is 1. The van der Waals surface area contributed by atoms with Gasteiger partial charge in [-0.15, -0.1) is 0 Å². The molecule has 8 heteroatoms. The molecule has 0 spiro atoms. The molecule has 2 aromatic carbocycles. The maximum atomic E-state index is 14.2. The number of carbonyl (C=O) groups is 2. The normalized spacial score (nSPS) is 21.5. The molecule has 2 aliphatic carbocycles. The Morgan fingerprint density at radius 2 is 1.93 bits per heavy atom. The van der Waals surface area contributed by atoms with Gasteiger partial charge in [0.25, 0.3) is 0 Å². The second-order valence-electron chi connectivity index (χ2n) is 12.0. The van der Waals surface area contributed by atoms with E-state index < -0.39 is 11.4 Å². The zero-order valence-corrected chi connectivity index (χ0v) is 24.4. The summed E-state index contributed by atoms with van der Waals surface area (Å²) in [6.07, 6.45) is 6.67. The topological polar surface area (TPSA) is 93.0 Å². The van der Waals surface area contributed by atoms with Crippen molar-refractivity contribution in [3.05, 3.63) is 53.1 Å². The molecule has 2 atom stereocenters. The van der Waals surface area contributed by atoms with Gasteiger partial charge >= 0.3 is 5.97 Å². The minimum Gasteiger partial charge on any atom is -0.497 e. The van der Waals surface area contributed by atoms with E-state index in [4.69, 9.17) is 9.47 Å². The first kappa shape index (κ1) is 27.8. The SMILES string of the molecule is CNCCOCCN(C)C(=O)[C@@]12C[C@@H]1c1cc(OC)ccc1-c1c(C3CCCCC3)c3ccc(C(=O)O)cc3n1C2. The maximum Gasteiger partial charge on any atom is 0.335 e. The van der Waals surface area contributed by atoms with Crippen LogP contribution in [0.1, 0.15) is 71.8 Å². The van der Waals surface area contributed by atoms with Crippen LogP contribution in [-0.2, 0) is 16.1 Å². The summed E-state index contributed by atoms with van der Waals surface area (Å²) in [5, 5.41) is 14.1. The number of amides is 1. The van der Waals surface area contributed by atoms with E-state index in [1.165, 1.54) is 24.8 Å². The van der Waals surface area contributed by atoms with E-state index in [1.807, 2.05) is 37.2 Å². The summed E-state index contributed by atoms with van der Waals surface area (Å²) < 4.78 is 13.7. The van der Waals surface area contributed by atoms with Crippen LogP contribution in [0.2, 0.25) is 0 Å². The maximum absolute atomic E-state index is 14.2. The summed E-state index contributed by atoms with van der Waals surface area (Å²) >= 11 is 0. The van der Waals surface area contributed by atoms with Gasteiger partial charge in [0.05, 0.1) is 37.0 Å². The first-order chi connectivity index (χ1) is 19.9. The molecule has 3 aliphatic rings. The lowest BCUT2D eigenvalue weighted by atomic mass is 9.81. The summed E-state index contributed by atoms with van der Waals surface area (Å²) in [6.45, 7) is 2.92. The zero-order valence-electron chi connectivity index (χ0n) is 24.4. The van der Waals surface area contributed by atoms with Gasteiger partial charge in [0.2, 0.25) is 5.91 Å². The number of benzene rings is 2. The first-order valence-corrected chi connectivity index (χ1v) is 14.9. The second kappa shape index (κ2) is 11.1. The van der Waals surface area contributed by atoms with Crippen LogP contribution >= 0.6 is 0 Å². The molecule has 6 rings (SSSR count). The number of methoxy groups -OCH3 is 1. The van der Waals surface area contributed by atoms with E-state index in [2.05, 4.69) is 22.0 Å². The Balaban J connectivity index is 1.49. The van der Waals surface area contributed by atoms with Gasteiger partial charge in [-0.05, 0) is 73.7 Å². The molecular formula is C33H41N3O5. The highest BCUT2D eigenvalue weighted by Crippen LogP contribution is 2.66. The zero-order chi connectivity index (χ0) is 28.7. The fourth-order valence-corrected chi connectivity index (χ4v) is 7.37. The molecule has 2 saturated carbocycles. The highest BCUT2D eigenvalue weighted by Gasteiger charge is 2.63. The number of nitrogens with one attached hydrogen (secondary N) is 1. The third-order valence-corrected chi connectivity index (χ3v) is 9.61. The van der Waals surface area contributed by atoms with Gasteiger partial charge in [-0.2, -0.15) is 0 Å². The van der Waals surface area contributed by atoms with Crippen LogP contribution in [0.3, 0.4) is 0 Å². The Bertz CT molecular complexity index is 1470. The Hall–Kier alpha value is -3.36. The van der Waals surface area contributed by atoms with Crippen molar-refractivity contribution in [1.82, 2.24) is 14.8 Å². The Kier molecular flexibility index (Phi) is 7.55. The smallest absolute Gasteiger partial charge is 0.335 e. The van der Waals surface area contributed by atoms with Crippen LogP contribution in [0.5, 0.6) is 5.75 Å². The predicted octanol–water partition coefficient (Wildman–Crippen LogP) is 5.24. The van der Waals surface area contributed by atoms with Crippen molar-refractivity contribution in [3.8, 4) is 17.0 Å². The number of aromatic nitrogens is 1. The van der Waals surface area contributed by atoms with Crippen LogP contribution in [0.15, 0.2) is 36.4 Å². The monoisotopic (exact) mass is 559 g/mol. The lowest BCUT2D eigenvalue weighted by molar-refractivity contribution is -0.137. The van der Waals surface area contributed by atoms with Crippen LogP contribution < -0.4 is 10.1 Å². The number of hydrogen-bond donors (Lipinski definition) is 2. The highest BCUT2D eigenvalue weighted by atomic mass is 16.5. The number of nitrogens with zero attached hydrogens (tertiary/aromatic N) is 2. The van der Waals surface area contributed by atoms with Gasteiger partial charge in [-0.25, -0.2) is 4.79 Å². The van der Waals surface area contributed by atoms with E-state index in [1.54, 1.807) is 13.2 Å². The number of hydrogen-bond acceptors (Lipinski definition) is 5. The van der Waals surface area contributed by atoms with Crippen molar-refractivity contribution >= 4 is 22.8 Å². The summed E-state index contributed by atoms with van der Waals surface area (Å²) in [5.41, 5.74) is 5.38. The minimum atomic E-state index is -0.937. The van der Waals surface area contributed by atoms with E-state index in [9.17, 15) is 14.7 Å². The number of fused-ring (bicyclic) bond motifs is 7. The lowest BCUT2D eigenvalue weighted by Crippen LogP contribution is -2.39. The van der Waals surface area contributed by atoms with Crippen LogP contribution in [0, 0.1) is 5.41 Å². The third-order valence-electron chi connectivity index (χ3n) is 9.61. The molecule has 0 unspecified atom stereocenters. The number of carbonyl (C=O) groups excluding carboxylic acids is 1. The minimum absolute atomic E-state index is 0.0737. The van der Waals surface area contributed by atoms with Gasteiger partial charge in [-0.3, -0.25) is 4.79 Å². The number of likely N-dealkylation sites (N-methyl/N-ethyl adjacent to an activating group) is 2. The van der Waals surface area contributed by atoms with Gasteiger partial charge in [0, 0.05) is 49.1 Å². The molecule has 41 heavy (non-hydrogen) atoms. The number of rotatable bonds is 10. The van der Waals surface area contributed by atoms with Crippen molar-refractivity contribution < 1.29 is 24.2 Å². The fourth-order valence-electron chi connectivity index (χ4n) is 7.37. The van der Waals surface area contributed by atoms with Crippen molar-refractivity contribution in [2.24, 2.45) is 5.41 Å². The molecular weight excluding hydrogens is 518 g/mol. The van der Waals surface area contributed by atoms with E-state index in [0.29, 0.717) is 32.2 Å². The van der Waals surface area contributed by atoms with E-state index in [-0.39, 0.29) is 17.4 Å². The van der Waals surface area contributed by atoms with Crippen molar-refractivity contribution in [2.75, 3.05) is 47.5 Å². The number of carboxylic acid groups (broad SMARTS) is 1. The molecule has 8 nitrogen and oxygen atoms in total. The van der Waals surface area contributed by atoms with Crippen LogP contribution in [0.4, 0.5) is 0 Å². The van der Waals surface area contributed by atoms with Crippen LogP contribution in [-0.4, -0.2) is 74.0 Å². The molecule has 3 aromatic rings. The number of carboxylic acids is 1. The molecule has 218 valence electrons. The molecule has 2 heterocycles. The molecule has 0 radical (unpaired) electrons. The van der Waals surface area contributed by atoms with Crippen molar-refractivity contribution in [3.63, 3.8) is 0 Å². The summed E-state index contributed by atoms with van der Waals surface area (Å²) in [7, 11) is 5.45. The molecule has 1 aliphatic heterocycles. The van der Waals surface area contributed by atoms with E-state index >= 15 is 0 Å². The molecule has 0 saturated heterocycles.